The Hall–Kier alpha value is -1.57. The molecule has 2 nitrogen and oxygen atoms in total. The average Bonchev–Trinajstić information content (AvgIpc) is 2.27. The van der Waals surface area contributed by atoms with Crippen molar-refractivity contribution in [3.63, 3.8) is 0 Å². The molecule has 90 valence electrons. The van der Waals surface area contributed by atoms with Crippen LogP contribution in [0.4, 0.5) is 0 Å². The topological polar surface area (TPSA) is 26.3 Å². The van der Waals surface area contributed by atoms with Crippen molar-refractivity contribution in [2.75, 3.05) is 0 Å². The van der Waals surface area contributed by atoms with Gasteiger partial charge in [0.2, 0.25) is 0 Å². The first kappa shape index (κ1) is 11.9. The molecule has 1 aromatic rings. The molecule has 2 rings (SSSR count). The Morgan fingerprint density at radius 2 is 2.06 bits per heavy atom. The van der Waals surface area contributed by atoms with Crippen LogP contribution in [0.1, 0.15) is 37.5 Å². The van der Waals surface area contributed by atoms with Crippen LogP contribution in [0.25, 0.3) is 0 Å². The first-order chi connectivity index (χ1) is 8.02. The molecular weight excluding hydrogens is 212 g/mol. The van der Waals surface area contributed by atoms with Gasteiger partial charge in [-0.2, -0.15) is 0 Å². The second-order valence-electron chi connectivity index (χ2n) is 4.64. The number of carbonyl (C=O) groups is 1. The number of carbonyl (C=O) groups excluding carboxylic acids is 1. The summed E-state index contributed by atoms with van der Waals surface area (Å²) in [5.74, 6) is 1.82. The maximum atomic E-state index is 11.5. The fraction of sp³-hybridized carbons (Fsp3) is 0.400. The summed E-state index contributed by atoms with van der Waals surface area (Å²) < 4.78 is 5.84. The maximum Gasteiger partial charge on any atom is 0.159 e. The number of ketones is 1. The molecule has 0 amide bonds. The predicted molar refractivity (Wildman–Crippen MR) is 68.3 cm³/mol. The zero-order valence-electron chi connectivity index (χ0n) is 10.9. The Balaban J connectivity index is 2.51. The first-order valence-electron chi connectivity index (χ1n) is 6.03. The number of fused-ring (bicyclic) bond motifs is 1. The van der Waals surface area contributed by atoms with E-state index in [1.807, 2.05) is 6.92 Å². The lowest BCUT2D eigenvalue weighted by atomic mass is 9.93. The van der Waals surface area contributed by atoms with Crippen molar-refractivity contribution < 1.29 is 9.53 Å². The highest BCUT2D eigenvalue weighted by molar-refractivity contribution is 5.94. The van der Waals surface area contributed by atoms with Crippen LogP contribution in [0.15, 0.2) is 23.5 Å². The van der Waals surface area contributed by atoms with Crippen LogP contribution in [0.2, 0.25) is 0 Å². The van der Waals surface area contributed by atoms with E-state index < -0.39 is 0 Å². The molecule has 1 aliphatic heterocycles. The predicted octanol–water partition coefficient (Wildman–Crippen LogP) is 3.36. The molecule has 17 heavy (non-hydrogen) atoms. The fourth-order valence-corrected chi connectivity index (χ4v) is 2.36. The summed E-state index contributed by atoms with van der Waals surface area (Å²) in [5.41, 5.74) is 4.39. The van der Waals surface area contributed by atoms with E-state index >= 15 is 0 Å². The van der Waals surface area contributed by atoms with Crippen molar-refractivity contribution in [1.82, 2.24) is 0 Å². The minimum Gasteiger partial charge on any atom is -0.461 e. The van der Waals surface area contributed by atoms with Gasteiger partial charge >= 0.3 is 0 Å². The summed E-state index contributed by atoms with van der Waals surface area (Å²) in [4.78, 5) is 11.5. The summed E-state index contributed by atoms with van der Waals surface area (Å²) in [5, 5.41) is 0. The van der Waals surface area contributed by atoms with Crippen molar-refractivity contribution in [3.05, 3.63) is 40.2 Å². The van der Waals surface area contributed by atoms with Crippen LogP contribution in [-0.2, 0) is 17.6 Å². The second-order valence-corrected chi connectivity index (χ2v) is 4.64. The molecule has 0 unspecified atom stereocenters. The fourth-order valence-electron chi connectivity index (χ4n) is 2.36. The highest BCUT2D eigenvalue weighted by Gasteiger charge is 2.22. The van der Waals surface area contributed by atoms with E-state index in [9.17, 15) is 4.79 Å². The molecule has 1 heterocycles. The number of rotatable bonds is 2. The molecule has 0 atom stereocenters. The van der Waals surface area contributed by atoms with Gasteiger partial charge in [0.15, 0.2) is 5.78 Å². The van der Waals surface area contributed by atoms with Crippen LogP contribution >= 0.6 is 0 Å². The quantitative estimate of drug-likeness (QED) is 0.778. The Morgan fingerprint density at radius 1 is 1.35 bits per heavy atom. The van der Waals surface area contributed by atoms with Crippen molar-refractivity contribution in [3.8, 4) is 5.75 Å². The molecule has 0 bridgehead atoms. The van der Waals surface area contributed by atoms with E-state index in [0.29, 0.717) is 6.42 Å². The summed E-state index contributed by atoms with van der Waals surface area (Å²) >= 11 is 0. The van der Waals surface area contributed by atoms with E-state index in [0.717, 1.165) is 29.1 Å². The maximum absolute atomic E-state index is 11.5. The number of hydrogen-bond acceptors (Lipinski definition) is 2. The van der Waals surface area contributed by atoms with E-state index in [4.69, 9.17) is 4.74 Å². The Labute approximate surface area is 102 Å². The molecule has 1 aromatic carbocycles. The number of benzene rings is 1. The molecule has 0 saturated carbocycles. The van der Waals surface area contributed by atoms with Gasteiger partial charge in [0.25, 0.3) is 0 Å². The van der Waals surface area contributed by atoms with Gasteiger partial charge < -0.3 is 4.74 Å². The Morgan fingerprint density at radius 3 is 2.65 bits per heavy atom. The number of ether oxygens (including phenoxy) is 1. The van der Waals surface area contributed by atoms with Crippen molar-refractivity contribution in [2.24, 2.45) is 0 Å². The molecule has 2 heteroatoms. The monoisotopic (exact) mass is 230 g/mol. The van der Waals surface area contributed by atoms with E-state index in [1.54, 1.807) is 6.92 Å². The Bertz CT molecular complexity index is 510. The minimum absolute atomic E-state index is 0.104. The summed E-state index contributed by atoms with van der Waals surface area (Å²) in [6, 6.07) is 4.27. The van der Waals surface area contributed by atoms with Gasteiger partial charge in [0.1, 0.15) is 11.5 Å². The van der Waals surface area contributed by atoms with Gasteiger partial charge in [-0.25, -0.2) is 0 Å². The first-order valence-corrected chi connectivity index (χ1v) is 6.03. The van der Waals surface area contributed by atoms with Crippen LogP contribution in [-0.4, -0.2) is 5.78 Å². The number of Topliss-reactive ketones (excluding diaryl/α,β-unsaturated/α-hetero) is 1. The molecule has 0 N–H and O–H groups in total. The average molecular weight is 230 g/mol. The molecule has 0 spiro atoms. The van der Waals surface area contributed by atoms with Gasteiger partial charge in [-0.15, -0.1) is 0 Å². The molecule has 0 fully saturated rings. The molecule has 1 aliphatic rings. The molecular formula is C15H18O2. The van der Waals surface area contributed by atoms with Crippen molar-refractivity contribution in [2.45, 2.75) is 40.5 Å². The van der Waals surface area contributed by atoms with Gasteiger partial charge in [0.05, 0.1) is 0 Å². The number of allylic oxidation sites excluding steroid dienone is 2. The smallest absolute Gasteiger partial charge is 0.159 e. The zero-order chi connectivity index (χ0) is 12.6. The van der Waals surface area contributed by atoms with Crippen LogP contribution in [0.3, 0.4) is 0 Å². The van der Waals surface area contributed by atoms with Crippen LogP contribution in [0, 0.1) is 6.92 Å². The molecule has 0 radical (unpaired) electrons. The van der Waals surface area contributed by atoms with Gasteiger partial charge in [-0.1, -0.05) is 24.6 Å². The number of hydrogen-bond donors (Lipinski definition) is 0. The molecule has 0 aromatic heterocycles. The highest BCUT2D eigenvalue weighted by atomic mass is 16.5. The van der Waals surface area contributed by atoms with Crippen LogP contribution < -0.4 is 4.74 Å². The highest BCUT2D eigenvalue weighted by Crippen LogP contribution is 2.34. The SMILES string of the molecule is CCc1cc(C)cc2c1OC(C)=C(C(C)=O)C2. The lowest BCUT2D eigenvalue weighted by Gasteiger charge is -2.23. The van der Waals surface area contributed by atoms with Crippen molar-refractivity contribution in [1.29, 1.82) is 0 Å². The summed E-state index contributed by atoms with van der Waals surface area (Å²) in [7, 11) is 0. The largest absolute Gasteiger partial charge is 0.461 e. The van der Waals surface area contributed by atoms with Gasteiger partial charge in [-0.05, 0) is 38.3 Å². The molecule has 0 saturated heterocycles. The van der Waals surface area contributed by atoms with E-state index in [2.05, 4.69) is 26.0 Å². The van der Waals surface area contributed by atoms with E-state index in [1.165, 1.54) is 11.1 Å². The minimum atomic E-state index is 0.104. The van der Waals surface area contributed by atoms with E-state index in [-0.39, 0.29) is 5.78 Å². The summed E-state index contributed by atoms with van der Waals surface area (Å²) in [6.07, 6.45) is 1.65. The third kappa shape index (κ3) is 2.12. The third-order valence-electron chi connectivity index (χ3n) is 3.24. The summed E-state index contributed by atoms with van der Waals surface area (Å²) in [6.45, 7) is 7.68. The standard InChI is InChI=1S/C15H18O2/c1-5-12-6-9(2)7-13-8-14(10(3)16)11(4)17-15(12)13/h6-7H,5,8H2,1-4H3. The van der Waals surface area contributed by atoms with Crippen molar-refractivity contribution >= 4 is 5.78 Å². The Kier molecular flexibility index (Phi) is 3.05. The zero-order valence-corrected chi connectivity index (χ0v) is 10.9. The second kappa shape index (κ2) is 4.36. The lowest BCUT2D eigenvalue weighted by molar-refractivity contribution is -0.113. The number of aryl methyl sites for hydroxylation is 2. The normalized spacial score (nSPS) is 14.4. The van der Waals surface area contributed by atoms with Gasteiger partial charge in [-0.3, -0.25) is 4.79 Å². The third-order valence-corrected chi connectivity index (χ3v) is 3.24. The van der Waals surface area contributed by atoms with Gasteiger partial charge in [0, 0.05) is 12.0 Å². The van der Waals surface area contributed by atoms with Crippen LogP contribution in [0.5, 0.6) is 5.75 Å². The molecule has 0 aliphatic carbocycles. The lowest BCUT2D eigenvalue weighted by Crippen LogP contribution is -2.15.